The molecule has 0 heterocycles. The van der Waals surface area contributed by atoms with Crippen molar-refractivity contribution >= 4 is 5.97 Å². The lowest BCUT2D eigenvalue weighted by molar-refractivity contribution is -0.150. The molecule has 0 fully saturated rings. The second-order valence-electron chi connectivity index (χ2n) is 10.6. The Hall–Kier alpha value is -0.570. The fourth-order valence-corrected chi connectivity index (χ4v) is 4.83. The Labute approximate surface area is 215 Å². The molecular weight excluding hydrogens is 418 g/mol. The first-order valence-corrected chi connectivity index (χ1v) is 15.6. The molecule has 0 spiro atoms. The quantitative estimate of drug-likeness (QED) is 0.0863. The highest BCUT2D eigenvalue weighted by Gasteiger charge is 2.14. The average Bonchev–Trinajstić information content (AvgIpc) is 2.83. The van der Waals surface area contributed by atoms with Crippen LogP contribution >= 0.6 is 0 Å². The van der Waals surface area contributed by atoms with Gasteiger partial charge in [-0.15, -0.1) is 0 Å². The molecule has 0 aromatic rings. The molecule has 0 aliphatic carbocycles. The van der Waals surface area contributed by atoms with E-state index in [0.717, 1.165) is 25.7 Å². The lowest BCUT2D eigenvalue weighted by atomic mass is 10.0. The van der Waals surface area contributed by atoms with Crippen molar-refractivity contribution in [3.8, 4) is 0 Å². The number of nitrogens with zero attached hydrogens (tertiary/aromatic N) is 1. The average molecular weight is 482 g/mol. The topological polar surface area (TPSA) is 29.5 Å². The Balaban J connectivity index is 4.03. The molecule has 1 atom stereocenters. The molecule has 0 rings (SSSR count). The summed E-state index contributed by atoms with van der Waals surface area (Å²) in [5.74, 6) is 0.0509. The standard InChI is InChI=1S/C31H63NO2/c1-5-9-12-15-16-20-25-30(24-19-13-10-6-2)34-31(33)26-21-17-18-23-29-32(27-8-4)28-22-14-11-7-3/h30H,5-29H2,1-4H3. The molecule has 0 saturated carbocycles. The van der Waals surface area contributed by atoms with Crippen LogP contribution in [-0.2, 0) is 9.53 Å². The van der Waals surface area contributed by atoms with Crippen molar-refractivity contribution in [2.75, 3.05) is 19.6 Å². The summed E-state index contributed by atoms with van der Waals surface area (Å²) in [4.78, 5) is 15.1. The highest BCUT2D eigenvalue weighted by atomic mass is 16.5. The first-order chi connectivity index (χ1) is 16.7. The summed E-state index contributed by atoms with van der Waals surface area (Å²) in [7, 11) is 0. The number of unbranched alkanes of at least 4 members (excludes halogenated alkanes) is 14. The van der Waals surface area contributed by atoms with Crippen LogP contribution in [-0.4, -0.2) is 36.6 Å². The van der Waals surface area contributed by atoms with E-state index in [1.54, 1.807) is 0 Å². The van der Waals surface area contributed by atoms with Gasteiger partial charge < -0.3 is 9.64 Å². The first kappa shape index (κ1) is 33.4. The minimum absolute atomic E-state index is 0.0509. The number of hydrogen-bond donors (Lipinski definition) is 0. The molecule has 1 unspecified atom stereocenters. The van der Waals surface area contributed by atoms with Crippen LogP contribution in [0.15, 0.2) is 0 Å². The number of esters is 1. The molecule has 0 N–H and O–H groups in total. The third-order valence-corrected chi connectivity index (χ3v) is 7.03. The van der Waals surface area contributed by atoms with Crippen LogP contribution in [0.5, 0.6) is 0 Å². The summed E-state index contributed by atoms with van der Waals surface area (Å²) in [5, 5.41) is 0. The number of carbonyl (C=O) groups excluding carboxylic acids is 1. The molecule has 0 saturated heterocycles. The van der Waals surface area contributed by atoms with E-state index in [1.165, 1.54) is 129 Å². The lowest BCUT2D eigenvalue weighted by Crippen LogP contribution is -2.27. The Bertz CT molecular complexity index is 412. The minimum Gasteiger partial charge on any atom is -0.462 e. The maximum absolute atomic E-state index is 12.5. The van der Waals surface area contributed by atoms with E-state index >= 15 is 0 Å². The van der Waals surface area contributed by atoms with Crippen molar-refractivity contribution in [1.82, 2.24) is 4.90 Å². The van der Waals surface area contributed by atoms with Crippen molar-refractivity contribution in [3.63, 3.8) is 0 Å². The van der Waals surface area contributed by atoms with Gasteiger partial charge in [0.2, 0.25) is 0 Å². The molecular formula is C31H63NO2. The number of rotatable bonds is 27. The van der Waals surface area contributed by atoms with Crippen molar-refractivity contribution in [2.24, 2.45) is 0 Å². The Morgan fingerprint density at radius 1 is 0.529 bits per heavy atom. The van der Waals surface area contributed by atoms with Gasteiger partial charge in [0.05, 0.1) is 0 Å². The van der Waals surface area contributed by atoms with E-state index in [-0.39, 0.29) is 12.1 Å². The zero-order valence-electron chi connectivity index (χ0n) is 24.0. The van der Waals surface area contributed by atoms with Crippen molar-refractivity contribution in [3.05, 3.63) is 0 Å². The molecule has 0 aliphatic heterocycles. The van der Waals surface area contributed by atoms with Crippen LogP contribution in [0.4, 0.5) is 0 Å². The van der Waals surface area contributed by atoms with Gasteiger partial charge in [-0.25, -0.2) is 0 Å². The van der Waals surface area contributed by atoms with E-state index in [0.29, 0.717) is 6.42 Å². The SMILES string of the molecule is CCCCCCCCC(CCCCCC)OC(=O)CCCCCCN(CCC)CCCCCC. The molecule has 0 aromatic carbocycles. The molecule has 0 aromatic heterocycles. The Morgan fingerprint density at radius 3 is 1.53 bits per heavy atom. The Morgan fingerprint density at radius 2 is 0.971 bits per heavy atom. The molecule has 0 radical (unpaired) electrons. The second-order valence-corrected chi connectivity index (χ2v) is 10.6. The first-order valence-electron chi connectivity index (χ1n) is 15.6. The van der Waals surface area contributed by atoms with Gasteiger partial charge >= 0.3 is 5.97 Å². The van der Waals surface area contributed by atoms with E-state index < -0.39 is 0 Å². The third-order valence-electron chi connectivity index (χ3n) is 7.03. The summed E-state index contributed by atoms with van der Waals surface area (Å²) >= 11 is 0. The van der Waals surface area contributed by atoms with Crippen molar-refractivity contribution < 1.29 is 9.53 Å². The smallest absolute Gasteiger partial charge is 0.306 e. The van der Waals surface area contributed by atoms with E-state index in [9.17, 15) is 4.79 Å². The molecule has 0 aliphatic rings. The molecule has 0 amide bonds. The molecule has 0 bridgehead atoms. The van der Waals surface area contributed by atoms with Crippen LogP contribution in [0, 0.1) is 0 Å². The maximum atomic E-state index is 12.5. The molecule has 34 heavy (non-hydrogen) atoms. The maximum Gasteiger partial charge on any atom is 0.306 e. The molecule has 3 nitrogen and oxygen atoms in total. The largest absolute Gasteiger partial charge is 0.462 e. The number of carbonyl (C=O) groups is 1. The van der Waals surface area contributed by atoms with Gasteiger partial charge in [0.15, 0.2) is 0 Å². The van der Waals surface area contributed by atoms with E-state index in [1.807, 2.05) is 0 Å². The van der Waals surface area contributed by atoms with Gasteiger partial charge in [-0.2, -0.15) is 0 Å². The van der Waals surface area contributed by atoms with Gasteiger partial charge in [-0.3, -0.25) is 4.79 Å². The van der Waals surface area contributed by atoms with Gasteiger partial charge in [0.25, 0.3) is 0 Å². The Kier molecular flexibility index (Phi) is 26.6. The van der Waals surface area contributed by atoms with E-state index in [4.69, 9.17) is 4.74 Å². The van der Waals surface area contributed by atoms with Gasteiger partial charge in [-0.05, 0) is 71.0 Å². The zero-order chi connectivity index (χ0) is 25.1. The third kappa shape index (κ3) is 23.2. The van der Waals surface area contributed by atoms with Crippen LogP contribution in [0.1, 0.15) is 169 Å². The summed E-state index contributed by atoms with van der Waals surface area (Å²) in [6.07, 6.45) is 27.1. The van der Waals surface area contributed by atoms with Gasteiger partial charge in [-0.1, -0.05) is 111 Å². The van der Waals surface area contributed by atoms with Gasteiger partial charge in [0.1, 0.15) is 6.10 Å². The number of hydrogen-bond acceptors (Lipinski definition) is 3. The van der Waals surface area contributed by atoms with Crippen LogP contribution in [0.25, 0.3) is 0 Å². The highest BCUT2D eigenvalue weighted by molar-refractivity contribution is 5.69. The summed E-state index contributed by atoms with van der Waals surface area (Å²) in [6.45, 7) is 12.8. The molecule has 204 valence electrons. The predicted molar refractivity (Wildman–Crippen MR) is 151 cm³/mol. The lowest BCUT2D eigenvalue weighted by Gasteiger charge is -2.21. The fraction of sp³-hybridized carbons (Fsp3) is 0.968. The monoisotopic (exact) mass is 481 g/mol. The number of ether oxygens (including phenoxy) is 1. The van der Waals surface area contributed by atoms with Crippen LogP contribution in [0.2, 0.25) is 0 Å². The summed E-state index contributed by atoms with van der Waals surface area (Å²) in [5.41, 5.74) is 0. The predicted octanol–water partition coefficient (Wildman–Crippen LogP) is 9.86. The highest BCUT2D eigenvalue weighted by Crippen LogP contribution is 2.17. The molecule has 3 heteroatoms. The zero-order valence-corrected chi connectivity index (χ0v) is 24.0. The normalized spacial score (nSPS) is 12.4. The summed E-state index contributed by atoms with van der Waals surface area (Å²) in [6, 6.07) is 0. The van der Waals surface area contributed by atoms with E-state index in [2.05, 4.69) is 32.6 Å². The van der Waals surface area contributed by atoms with Gasteiger partial charge in [0, 0.05) is 6.42 Å². The van der Waals surface area contributed by atoms with Crippen molar-refractivity contribution in [2.45, 2.75) is 175 Å². The van der Waals surface area contributed by atoms with Crippen LogP contribution in [0.3, 0.4) is 0 Å². The summed E-state index contributed by atoms with van der Waals surface area (Å²) < 4.78 is 5.95. The van der Waals surface area contributed by atoms with Crippen LogP contribution < -0.4 is 0 Å². The minimum atomic E-state index is 0.0509. The second kappa shape index (κ2) is 27.0. The fourth-order valence-electron chi connectivity index (χ4n) is 4.83. The van der Waals surface area contributed by atoms with Crippen molar-refractivity contribution in [1.29, 1.82) is 0 Å².